The van der Waals surface area contributed by atoms with Crippen LogP contribution in [0.3, 0.4) is 0 Å². The quantitative estimate of drug-likeness (QED) is 0.724. The number of esters is 1. The molecule has 0 bridgehead atoms. The molecule has 2 aromatic carbocycles. The second kappa shape index (κ2) is 9.25. The molecule has 138 valence electrons. The second-order valence-electron chi connectivity index (χ2n) is 5.69. The van der Waals surface area contributed by atoms with Gasteiger partial charge in [0.2, 0.25) is 0 Å². The number of ether oxygens (including phenoxy) is 2. The van der Waals surface area contributed by atoms with Crippen LogP contribution in [0.4, 0.5) is 5.69 Å². The first-order chi connectivity index (χ1) is 12.5. The Morgan fingerprint density at radius 1 is 1.12 bits per heavy atom. The summed E-state index contributed by atoms with van der Waals surface area (Å²) in [6.07, 6.45) is 0.787. The fourth-order valence-electron chi connectivity index (χ4n) is 2.38. The average molecular weight is 376 g/mol. The molecule has 0 heterocycles. The number of benzene rings is 2. The van der Waals surface area contributed by atoms with E-state index in [2.05, 4.69) is 17.0 Å². The Kier molecular flexibility index (Phi) is 7.04. The van der Waals surface area contributed by atoms with Crippen molar-refractivity contribution in [3.05, 3.63) is 58.6 Å². The largest absolute Gasteiger partial charge is 0.481 e. The smallest absolute Gasteiger partial charge is 0.339 e. The summed E-state index contributed by atoms with van der Waals surface area (Å²) in [4.78, 5) is 24.2. The molecule has 0 aromatic heterocycles. The highest BCUT2D eigenvalue weighted by molar-refractivity contribution is 6.33. The summed E-state index contributed by atoms with van der Waals surface area (Å²) in [7, 11) is 1.27. The van der Waals surface area contributed by atoms with Crippen molar-refractivity contribution < 1.29 is 19.1 Å². The summed E-state index contributed by atoms with van der Waals surface area (Å²) >= 11 is 5.99. The van der Waals surface area contributed by atoms with E-state index >= 15 is 0 Å². The van der Waals surface area contributed by atoms with Crippen LogP contribution in [0.2, 0.25) is 5.02 Å². The summed E-state index contributed by atoms with van der Waals surface area (Å²) in [5.74, 6) is -0.230. The Hall–Kier alpha value is -2.53. The SMILES string of the molecule is CCc1ccc(O[C@H](CC)C(=O)Nc2ccc(Cl)c(C(=O)OC)c2)cc1. The van der Waals surface area contributed by atoms with Crippen LogP contribution in [0, 0.1) is 0 Å². The Morgan fingerprint density at radius 3 is 2.38 bits per heavy atom. The topological polar surface area (TPSA) is 64.6 Å². The van der Waals surface area contributed by atoms with Crippen molar-refractivity contribution in [1.29, 1.82) is 0 Å². The van der Waals surface area contributed by atoms with Crippen LogP contribution in [-0.2, 0) is 16.0 Å². The van der Waals surface area contributed by atoms with E-state index < -0.39 is 12.1 Å². The van der Waals surface area contributed by atoms with Gasteiger partial charge in [-0.1, -0.05) is 37.6 Å². The molecule has 2 aromatic rings. The Balaban J connectivity index is 2.09. The standard InChI is InChI=1S/C20H22ClNO4/c1-4-13-6-9-15(10-7-13)26-18(5-2)19(23)22-14-8-11-17(21)16(12-14)20(24)25-3/h6-12,18H,4-5H2,1-3H3,(H,22,23)/t18-/m1/s1. The van der Waals surface area contributed by atoms with E-state index in [1.54, 1.807) is 6.07 Å². The van der Waals surface area contributed by atoms with E-state index in [0.717, 1.165) is 6.42 Å². The number of anilines is 1. The molecule has 0 spiro atoms. The molecule has 2 rings (SSSR count). The number of rotatable bonds is 7. The van der Waals surface area contributed by atoms with Crippen molar-refractivity contribution in [3.8, 4) is 5.75 Å². The van der Waals surface area contributed by atoms with Crippen LogP contribution < -0.4 is 10.1 Å². The van der Waals surface area contributed by atoms with E-state index in [4.69, 9.17) is 16.3 Å². The molecule has 0 radical (unpaired) electrons. The number of hydrogen-bond donors (Lipinski definition) is 1. The third kappa shape index (κ3) is 4.99. The van der Waals surface area contributed by atoms with E-state index in [1.165, 1.54) is 24.8 Å². The molecule has 0 saturated carbocycles. The van der Waals surface area contributed by atoms with Crippen molar-refractivity contribution in [1.82, 2.24) is 0 Å². The van der Waals surface area contributed by atoms with Gasteiger partial charge in [0.15, 0.2) is 6.10 Å². The van der Waals surface area contributed by atoms with Crippen LogP contribution in [0.5, 0.6) is 5.75 Å². The molecular weight excluding hydrogens is 354 g/mol. The van der Waals surface area contributed by atoms with Crippen LogP contribution in [0.25, 0.3) is 0 Å². The number of carbonyl (C=O) groups excluding carboxylic acids is 2. The fourth-order valence-corrected chi connectivity index (χ4v) is 2.58. The highest BCUT2D eigenvalue weighted by Crippen LogP contribution is 2.22. The molecule has 0 fully saturated rings. The van der Waals surface area contributed by atoms with Gasteiger partial charge in [0.25, 0.3) is 5.91 Å². The highest BCUT2D eigenvalue weighted by Gasteiger charge is 2.20. The Bertz CT molecular complexity index is 774. The number of nitrogens with one attached hydrogen (secondary N) is 1. The van der Waals surface area contributed by atoms with E-state index in [-0.39, 0.29) is 16.5 Å². The summed E-state index contributed by atoms with van der Waals surface area (Å²) in [6, 6.07) is 12.3. The zero-order valence-corrected chi connectivity index (χ0v) is 15.8. The Labute approximate surface area is 158 Å². The first-order valence-corrected chi connectivity index (χ1v) is 8.80. The minimum atomic E-state index is -0.653. The molecular formula is C20H22ClNO4. The summed E-state index contributed by atoms with van der Waals surface area (Å²) in [5, 5.41) is 3.01. The molecule has 1 amide bonds. The number of aryl methyl sites for hydroxylation is 1. The monoisotopic (exact) mass is 375 g/mol. The minimum absolute atomic E-state index is 0.191. The van der Waals surface area contributed by atoms with Crippen molar-refractivity contribution in [3.63, 3.8) is 0 Å². The zero-order valence-electron chi connectivity index (χ0n) is 15.0. The summed E-state index contributed by atoms with van der Waals surface area (Å²) in [5.41, 5.74) is 1.84. The number of amides is 1. The molecule has 0 aliphatic heterocycles. The van der Waals surface area contributed by atoms with Crippen molar-refractivity contribution in [2.75, 3.05) is 12.4 Å². The lowest BCUT2D eigenvalue weighted by atomic mass is 10.1. The van der Waals surface area contributed by atoms with Crippen molar-refractivity contribution in [2.45, 2.75) is 32.8 Å². The number of halogens is 1. The second-order valence-corrected chi connectivity index (χ2v) is 6.09. The summed E-state index contributed by atoms with van der Waals surface area (Å²) in [6.45, 7) is 3.94. The van der Waals surface area contributed by atoms with Gasteiger partial charge in [-0.05, 0) is 48.7 Å². The van der Waals surface area contributed by atoms with Gasteiger partial charge in [0.1, 0.15) is 5.75 Å². The number of carbonyl (C=O) groups is 2. The maximum absolute atomic E-state index is 12.5. The first-order valence-electron chi connectivity index (χ1n) is 8.42. The molecule has 1 N–H and O–H groups in total. The zero-order chi connectivity index (χ0) is 19.1. The van der Waals surface area contributed by atoms with Crippen molar-refractivity contribution in [2.24, 2.45) is 0 Å². The fraction of sp³-hybridized carbons (Fsp3) is 0.300. The van der Waals surface area contributed by atoms with E-state index in [9.17, 15) is 9.59 Å². The molecule has 26 heavy (non-hydrogen) atoms. The van der Waals surface area contributed by atoms with E-state index in [1.807, 2.05) is 31.2 Å². The first kappa shape index (κ1) is 19.8. The Morgan fingerprint density at radius 2 is 1.81 bits per heavy atom. The lowest BCUT2D eigenvalue weighted by Gasteiger charge is -2.18. The van der Waals surface area contributed by atoms with Gasteiger partial charge in [-0.3, -0.25) is 4.79 Å². The molecule has 0 saturated heterocycles. The predicted octanol–water partition coefficient (Wildman–Crippen LogP) is 4.49. The summed E-state index contributed by atoms with van der Waals surface area (Å²) < 4.78 is 10.5. The van der Waals surface area contributed by atoms with Gasteiger partial charge in [-0.25, -0.2) is 4.79 Å². The van der Waals surface area contributed by atoms with Crippen molar-refractivity contribution >= 4 is 29.2 Å². The van der Waals surface area contributed by atoms with Gasteiger partial charge >= 0.3 is 5.97 Å². The van der Waals surface area contributed by atoms with Gasteiger partial charge in [-0.2, -0.15) is 0 Å². The molecule has 0 unspecified atom stereocenters. The maximum atomic E-state index is 12.5. The minimum Gasteiger partial charge on any atom is -0.481 e. The van der Waals surface area contributed by atoms with Crippen LogP contribution >= 0.6 is 11.6 Å². The maximum Gasteiger partial charge on any atom is 0.339 e. The van der Waals surface area contributed by atoms with Gasteiger partial charge in [-0.15, -0.1) is 0 Å². The van der Waals surface area contributed by atoms with Crippen LogP contribution in [0.15, 0.2) is 42.5 Å². The highest BCUT2D eigenvalue weighted by atomic mass is 35.5. The lowest BCUT2D eigenvalue weighted by molar-refractivity contribution is -0.122. The third-order valence-electron chi connectivity index (χ3n) is 3.91. The molecule has 6 heteroatoms. The molecule has 5 nitrogen and oxygen atoms in total. The van der Waals surface area contributed by atoms with Gasteiger partial charge in [0.05, 0.1) is 17.7 Å². The molecule has 1 atom stereocenters. The van der Waals surface area contributed by atoms with Gasteiger partial charge in [0, 0.05) is 5.69 Å². The van der Waals surface area contributed by atoms with Crippen LogP contribution in [0.1, 0.15) is 36.2 Å². The normalized spacial score (nSPS) is 11.5. The third-order valence-corrected chi connectivity index (χ3v) is 4.24. The lowest BCUT2D eigenvalue weighted by Crippen LogP contribution is -2.32. The number of methoxy groups -OCH3 is 1. The molecule has 0 aliphatic carbocycles. The average Bonchev–Trinajstić information content (AvgIpc) is 2.67. The molecule has 0 aliphatic rings. The number of hydrogen-bond acceptors (Lipinski definition) is 4. The van der Waals surface area contributed by atoms with E-state index in [0.29, 0.717) is 17.9 Å². The predicted molar refractivity (Wildman–Crippen MR) is 102 cm³/mol. The van der Waals surface area contributed by atoms with Crippen LogP contribution in [-0.4, -0.2) is 25.1 Å². The van der Waals surface area contributed by atoms with Gasteiger partial charge < -0.3 is 14.8 Å².